The number of anilines is 2. The molecule has 8 nitrogen and oxygen atoms in total. The molecule has 3 heterocycles. The Bertz CT molecular complexity index is 685. The van der Waals surface area contributed by atoms with Crippen LogP contribution in [0.5, 0.6) is 0 Å². The molecule has 1 aliphatic heterocycles. The molecule has 0 saturated carbocycles. The average Bonchev–Trinajstić information content (AvgIpc) is 2.91. The van der Waals surface area contributed by atoms with Gasteiger partial charge in [-0.2, -0.15) is 5.10 Å². The summed E-state index contributed by atoms with van der Waals surface area (Å²) >= 11 is 0. The number of aromatic nitrogens is 4. The summed E-state index contributed by atoms with van der Waals surface area (Å²) in [5.74, 6) is 1.15. The molecule has 0 spiro atoms. The van der Waals surface area contributed by atoms with E-state index in [-0.39, 0.29) is 6.03 Å². The molecule has 24 heavy (non-hydrogen) atoms. The van der Waals surface area contributed by atoms with Crippen molar-refractivity contribution in [1.82, 2.24) is 25.1 Å². The largest absolute Gasteiger partial charge is 0.340 e. The number of aryl methyl sites for hydroxylation is 2. The Hall–Kier alpha value is -2.64. The van der Waals surface area contributed by atoms with Crippen molar-refractivity contribution in [1.29, 1.82) is 0 Å². The van der Waals surface area contributed by atoms with Crippen molar-refractivity contribution < 1.29 is 4.79 Å². The Morgan fingerprint density at radius 2 is 2.17 bits per heavy atom. The summed E-state index contributed by atoms with van der Waals surface area (Å²) in [6, 6.07) is 1.62. The van der Waals surface area contributed by atoms with Gasteiger partial charge in [0.25, 0.3) is 0 Å². The fraction of sp³-hybridized carbons (Fsp3) is 0.500. The number of piperidine rings is 1. The third-order valence-electron chi connectivity index (χ3n) is 4.17. The zero-order valence-corrected chi connectivity index (χ0v) is 14.1. The first-order chi connectivity index (χ1) is 11.6. The molecule has 0 aromatic carbocycles. The monoisotopic (exact) mass is 329 g/mol. The van der Waals surface area contributed by atoms with Gasteiger partial charge in [0.05, 0.1) is 11.4 Å². The fourth-order valence-electron chi connectivity index (χ4n) is 2.99. The topological polar surface area (TPSA) is 88.0 Å². The van der Waals surface area contributed by atoms with Crippen LogP contribution < -0.4 is 15.5 Å². The third kappa shape index (κ3) is 4.01. The van der Waals surface area contributed by atoms with Crippen molar-refractivity contribution in [3.05, 3.63) is 30.4 Å². The van der Waals surface area contributed by atoms with Crippen LogP contribution in [0, 0.1) is 12.8 Å². The van der Waals surface area contributed by atoms with E-state index in [1.165, 1.54) is 0 Å². The molecule has 2 amide bonds. The van der Waals surface area contributed by atoms with Gasteiger partial charge in [-0.1, -0.05) is 0 Å². The zero-order valence-electron chi connectivity index (χ0n) is 14.1. The second kappa shape index (κ2) is 7.29. The lowest BCUT2D eigenvalue weighted by Gasteiger charge is -2.32. The van der Waals surface area contributed by atoms with Crippen LogP contribution in [0.2, 0.25) is 0 Å². The molecule has 2 aromatic heterocycles. The number of carbonyl (C=O) groups excluding carboxylic acids is 1. The molecular formula is C16H23N7O. The van der Waals surface area contributed by atoms with Crippen molar-refractivity contribution in [2.24, 2.45) is 13.0 Å². The quantitative estimate of drug-likeness (QED) is 0.889. The van der Waals surface area contributed by atoms with Crippen molar-refractivity contribution in [2.45, 2.75) is 19.8 Å². The number of rotatable bonds is 4. The van der Waals surface area contributed by atoms with Crippen molar-refractivity contribution in [3.8, 4) is 0 Å². The molecule has 1 fully saturated rings. The molecule has 0 aliphatic carbocycles. The molecular weight excluding hydrogens is 306 g/mol. The van der Waals surface area contributed by atoms with Crippen LogP contribution >= 0.6 is 0 Å². The fourth-order valence-corrected chi connectivity index (χ4v) is 2.99. The molecule has 0 unspecified atom stereocenters. The first-order valence-electron chi connectivity index (χ1n) is 8.19. The number of carbonyl (C=O) groups is 1. The maximum Gasteiger partial charge on any atom is 0.319 e. The molecule has 1 saturated heterocycles. The molecule has 2 N–H and O–H groups in total. The van der Waals surface area contributed by atoms with Crippen LogP contribution in [-0.2, 0) is 7.05 Å². The van der Waals surface area contributed by atoms with Gasteiger partial charge in [-0.3, -0.25) is 4.68 Å². The van der Waals surface area contributed by atoms with E-state index in [9.17, 15) is 4.79 Å². The standard InChI is InChI=1S/C16H23N7O/c1-12-14(11-22(2)21-12)20-16(24)19-9-13-5-3-8-23(10-13)15-17-6-4-7-18-15/h4,6-7,11,13H,3,5,8-10H2,1-2H3,(H2,19,20,24)/t13-/m1/s1. The van der Waals surface area contributed by atoms with Gasteiger partial charge in [0.1, 0.15) is 0 Å². The normalized spacial score (nSPS) is 17.6. The van der Waals surface area contributed by atoms with E-state index in [2.05, 4.69) is 30.6 Å². The van der Waals surface area contributed by atoms with E-state index >= 15 is 0 Å². The Morgan fingerprint density at radius 3 is 2.88 bits per heavy atom. The van der Waals surface area contributed by atoms with Crippen LogP contribution in [0.1, 0.15) is 18.5 Å². The first kappa shape index (κ1) is 16.2. The van der Waals surface area contributed by atoms with Gasteiger partial charge >= 0.3 is 6.03 Å². The summed E-state index contributed by atoms with van der Waals surface area (Å²) in [6.45, 7) is 4.32. The maximum absolute atomic E-state index is 12.1. The number of hydrogen-bond acceptors (Lipinski definition) is 5. The minimum atomic E-state index is -0.195. The van der Waals surface area contributed by atoms with Crippen molar-refractivity contribution in [3.63, 3.8) is 0 Å². The van der Waals surface area contributed by atoms with Crippen molar-refractivity contribution >= 4 is 17.7 Å². The molecule has 3 rings (SSSR count). The van der Waals surface area contributed by atoms with E-state index in [0.717, 1.165) is 43.3 Å². The summed E-state index contributed by atoms with van der Waals surface area (Å²) < 4.78 is 1.68. The number of urea groups is 1. The second-order valence-corrected chi connectivity index (χ2v) is 6.14. The van der Waals surface area contributed by atoms with Gasteiger partial charge in [-0.15, -0.1) is 0 Å². The summed E-state index contributed by atoms with van der Waals surface area (Å²) in [4.78, 5) is 22.9. The lowest BCUT2D eigenvalue weighted by atomic mass is 9.98. The Labute approximate surface area is 141 Å². The summed E-state index contributed by atoms with van der Waals surface area (Å²) in [5, 5.41) is 10.0. The summed E-state index contributed by atoms with van der Waals surface area (Å²) in [7, 11) is 1.83. The third-order valence-corrected chi connectivity index (χ3v) is 4.17. The predicted octanol–water partition coefficient (Wildman–Crippen LogP) is 1.56. The van der Waals surface area contributed by atoms with Gasteiger partial charge < -0.3 is 15.5 Å². The Morgan fingerprint density at radius 1 is 1.38 bits per heavy atom. The summed E-state index contributed by atoms with van der Waals surface area (Å²) in [6.07, 6.45) is 7.48. The highest BCUT2D eigenvalue weighted by Gasteiger charge is 2.22. The Balaban J connectivity index is 1.49. The van der Waals surface area contributed by atoms with Gasteiger partial charge in [0.2, 0.25) is 5.95 Å². The summed E-state index contributed by atoms with van der Waals surface area (Å²) in [5.41, 5.74) is 1.54. The lowest BCUT2D eigenvalue weighted by Crippen LogP contribution is -2.42. The van der Waals surface area contributed by atoms with Crippen LogP contribution in [0.15, 0.2) is 24.7 Å². The van der Waals surface area contributed by atoms with Gasteiger partial charge in [-0.05, 0) is 31.7 Å². The van der Waals surface area contributed by atoms with Crippen molar-refractivity contribution in [2.75, 3.05) is 29.9 Å². The predicted molar refractivity (Wildman–Crippen MR) is 91.9 cm³/mol. The van der Waals surface area contributed by atoms with E-state index in [1.54, 1.807) is 23.3 Å². The zero-order chi connectivity index (χ0) is 16.9. The van der Waals surface area contributed by atoms with Crippen LogP contribution in [0.3, 0.4) is 0 Å². The maximum atomic E-state index is 12.1. The highest BCUT2D eigenvalue weighted by molar-refractivity contribution is 5.89. The highest BCUT2D eigenvalue weighted by Crippen LogP contribution is 2.19. The van der Waals surface area contributed by atoms with Gasteiger partial charge in [-0.25, -0.2) is 14.8 Å². The van der Waals surface area contributed by atoms with Crippen LogP contribution in [0.25, 0.3) is 0 Å². The first-order valence-corrected chi connectivity index (χ1v) is 8.19. The smallest absolute Gasteiger partial charge is 0.319 e. The lowest BCUT2D eigenvalue weighted by molar-refractivity contribution is 0.249. The molecule has 1 aliphatic rings. The molecule has 1 atom stereocenters. The minimum Gasteiger partial charge on any atom is -0.340 e. The van der Waals surface area contributed by atoms with E-state index in [1.807, 2.05) is 20.0 Å². The average molecular weight is 329 g/mol. The number of hydrogen-bond donors (Lipinski definition) is 2. The van der Waals surface area contributed by atoms with E-state index in [4.69, 9.17) is 0 Å². The van der Waals surface area contributed by atoms with E-state index in [0.29, 0.717) is 12.5 Å². The molecule has 0 bridgehead atoms. The van der Waals surface area contributed by atoms with Gasteiger partial charge in [0, 0.05) is 45.3 Å². The number of amides is 2. The van der Waals surface area contributed by atoms with Crippen LogP contribution in [0.4, 0.5) is 16.4 Å². The minimum absolute atomic E-state index is 0.195. The molecule has 0 radical (unpaired) electrons. The van der Waals surface area contributed by atoms with Gasteiger partial charge in [0.15, 0.2) is 0 Å². The highest BCUT2D eigenvalue weighted by atomic mass is 16.2. The number of nitrogens with one attached hydrogen (secondary N) is 2. The molecule has 8 heteroatoms. The molecule has 2 aromatic rings. The Kier molecular flexibility index (Phi) is 4.93. The molecule has 128 valence electrons. The van der Waals surface area contributed by atoms with E-state index < -0.39 is 0 Å². The van der Waals surface area contributed by atoms with Crippen LogP contribution in [-0.4, -0.2) is 45.4 Å². The second-order valence-electron chi connectivity index (χ2n) is 6.14. The number of nitrogens with zero attached hydrogens (tertiary/aromatic N) is 5. The SMILES string of the molecule is Cc1nn(C)cc1NC(=O)NC[C@H]1CCCN(c2ncccn2)C1.